The highest BCUT2D eigenvalue weighted by molar-refractivity contribution is 5.68. The van der Waals surface area contributed by atoms with Crippen LogP contribution in [-0.2, 0) is 0 Å². The molecule has 2 aromatic carbocycles. The monoisotopic (exact) mass is 413 g/mol. The van der Waals surface area contributed by atoms with Crippen LogP contribution < -0.4 is 0 Å². The fourth-order valence-corrected chi connectivity index (χ4v) is 3.64. The molecule has 0 aliphatic rings. The third kappa shape index (κ3) is 4.19. The Morgan fingerprint density at radius 1 is 0.344 bits per heavy atom. The molecule has 0 atom stereocenters. The zero-order valence-corrected chi connectivity index (χ0v) is 18.2. The van der Waals surface area contributed by atoms with Gasteiger partial charge < -0.3 is 0 Å². The van der Waals surface area contributed by atoms with Crippen molar-refractivity contribution in [3.05, 3.63) is 114 Å². The minimum Gasteiger partial charge on any atom is -0.246 e. The van der Waals surface area contributed by atoms with Gasteiger partial charge in [-0.1, -0.05) is 77.9 Å². The lowest BCUT2D eigenvalue weighted by Gasteiger charge is -2.08. The molecule has 0 saturated carbocycles. The van der Waals surface area contributed by atoms with Crippen molar-refractivity contribution in [1.82, 2.24) is 15.0 Å². The zero-order chi connectivity index (χ0) is 21.9. The average molecular weight is 414 g/mol. The Hall–Kier alpha value is -4.11. The van der Waals surface area contributed by atoms with Gasteiger partial charge in [-0.25, -0.2) is 15.0 Å². The van der Waals surface area contributed by atoms with Crippen LogP contribution in [0.3, 0.4) is 0 Å². The van der Waals surface area contributed by atoms with Crippen molar-refractivity contribution in [2.75, 3.05) is 0 Å². The van der Waals surface area contributed by atoms with Gasteiger partial charge in [-0.15, -0.1) is 0 Å². The molecule has 0 saturated heterocycles. The molecule has 0 fully saturated rings. The van der Waals surface area contributed by atoms with Gasteiger partial charge in [-0.2, -0.15) is 0 Å². The number of rotatable bonds is 4. The third-order valence-electron chi connectivity index (χ3n) is 5.47. The molecular formula is C29H23N3. The number of nitrogens with zero attached hydrogens (tertiary/aromatic N) is 3. The number of aryl methyl sites for hydroxylation is 2. The Labute approximate surface area is 188 Å². The Balaban J connectivity index is 1.49. The van der Waals surface area contributed by atoms with Crippen molar-refractivity contribution >= 4 is 0 Å². The topological polar surface area (TPSA) is 38.7 Å². The van der Waals surface area contributed by atoms with Crippen LogP contribution in [0.1, 0.15) is 11.1 Å². The fourth-order valence-electron chi connectivity index (χ4n) is 3.64. The minimum atomic E-state index is 0.832. The Morgan fingerprint density at radius 2 is 0.625 bits per heavy atom. The summed E-state index contributed by atoms with van der Waals surface area (Å²) in [5.74, 6) is 0. The van der Waals surface area contributed by atoms with Gasteiger partial charge in [-0.05, 0) is 50.2 Å². The van der Waals surface area contributed by atoms with E-state index in [0.29, 0.717) is 0 Å². The highest BCUT2D eigenvalue weighted by Crippen LogP contribution is 2.26. The smallest absolute Gasteiger partial charge is 0.0894 e. The average Bonchev–Trinajstić information content (AvgIpc) is 2.85. The molecule has 3 aromatic heterocycles. The Bertz CT molecular complexity index is 1270. The van der Waals surface area contributed by atoms with Gasteiger partial charge in [-0.3, -0.25) is 0 Å². The molecule has 0 aliphatic heterocycles. The SMILES string of the molecule is Cc1ccc(-c2cccc(-c3cccc(-c4cccc(-c5ccc(C)cc5)n4)n3)n2)cc1. The summed E-state index contributed by atoms with van der Waals surface area (Å²) in [5.41, 5.74) is 9.90. The maximum Gasteiger partial charge on any atom is 0.0894 e. The molecule has 32 heavy (non-hydrogen) atoms. The first kappa shape index (κ1) is 19.8. The molecule has 0 radical (unpaired) electrons. The molecule has 5 aromatic rings. The van der Waals surface area contributed by atoms with E-state index < -0.39 is 0 Å². The van der Waals surface area contributed by atoms with Gasteiger partial charge in [0.2, 0.25) is 0 Å². The molecule has 0 aliphatic carbocycles. The van der Waals surface area contributed by atoms with Crippen LogP contribution >= 0.6 is 0 Å². The summed E-state index contributed by atoms with van der Waals surface area (Å²) in [7, 11) is 0. The van der Waals surface area contributed by atoms with E-state index in [0.717, 1.165) is 45.3 Å². The summed E-state index contributed by atoms with van der Waals surface area (Å²) >= 11 is 0. The summed E-state index contributed by atoms with van der Waals surface area (Å²) in [4.78, 5) is 14.6. The van der Waals surface area contributed by atoms with Crippen LogP contribution in [0.4, 0.5) is 0 Å². The fraction of sp³-hybridized carbons (Fsp3) is 0.0690. The highest BCUT2D eigenvalue weighted by Gasteiger charge is 2.09. The van der Waals surface area contributed by atoms with Crippen molar-refractivity contribution < 1.29 is 0 Å². The van der Waals surface area contributed by atoms with Gasteiger partial charge in [0.25, 0.3) is 0 Å². The van der Waals surface area contributed by atoms with Crippen LogP contribution in [0, 0.1) is 13.8 Å². The second kappa shape index (κ2) is 8.56. The summed E-state index contributed by atoms with van der Waals surface area (Å²) in [6.07, 6.45) is 0. The first-order valence-corrected chi connectivity index (χ1v) is 10.7. The molecule has 0 spiro atoms. The zero-order valence-electron chi connectivity index (χ0n) is 18.2. The molecule has 3 heterocycles. The van der Waals surface area contributed by atoms with E-state index >= 15 is 0 Å². The van der Waals surface area contributed by atoms with Gasteiger partial charge in [0.05, 0.1) is 34.2 Å². The Morgan fingerprint density at radius 3 is 0.969 bits per heavy atom. The molecule has 3 heteroatoms. The molecule has 154 valence electrons. The van der Waals surface area contributed by atoms with E-state index in [9.17, 15) is 0 Å². The first-order valence-electron chi connectivity index (χ1n) is 10.7. The maximum atomic E-state index is 4.89. The highest BCUT2D eigenvalue weighted by atomic mass is 14.8. The largest absolute Gasteiger partial charge is 0.246 e. The predicted molar refractivity (Wildman–Crippen MR) is 131 cm³/mol. The maximum absolute atomic E-state index is 4.89. The molecular weight excluding hydrogens is 390 g/mol. The summed E-state index contributed by atoms with van der Waals surface area (Å²) in [6.45, 7) is 4.18. The lowest BCUT2D eigenvalue weighted by atomic mass is 10.1. The minimum absolute atomic E-state index is 0.832. The van der Waals surface area contributed by atoms with E-state index in [2.05, 4.69) is 62.4 Å². The molecule has 0 bridgehead atoms. The van der Waals surface area contributed by atoms with Crippen LogP contribution in [0.15, 0.2) is 103 Å². The predicted octanol–water partition coefficient (Wildman–Crippen LogP) is 7.16. The van der Waals surface area contributed by atoms with Crippen molar-refractivity contribution in [1.29, 1.82) is 0 Å². The summed E-state index contributed by atoms with van der Waals surface area (Å²) in [5, 5.41) is 0. The molecule has 3 nitrogen and oxygen atoms in total. The molecule has 0 N–H and O–H groups in total. The lowest BCUT2D eigenvalue weighted by molar-refractivity contribution is 1.22. The van der Waals surface area contributed by atoms with E-state index in [1.165, 1.54) is 11.1 Å². The van der Waals surface area contributed by atoms with Crippen molar-refractivity contribution in [3.8, 4) is 45.3 Å². The van der Waals surface area contributed by atoms with E-state index in [1.54, 1.807) is 0 Å². The third-order valence-corrected chi connectivity index (χ3v) is 5.47. The lowest BCUT2D eigenvalue weighted by Crippen LogP contribution is -1.94. The molecule has 5 rings (SSSR count). The van der Waals surface area contributed by atoms with Gasteiger partial charge in [0.1, 0.15) is 0 Å². The standard InChI is InChI=1S/C29H23N3/c1-20-12-16-22(17-13-20)24-6-3-8-26(30-24)28-10-5-11-29(32-28)27-9-4-7-25(31-27)23-18-14-21(2)15-19-23/h3-19H,1-2H3. The van der Waals surface area contributed by atoms with Crippen LogP contribution in [-0.4, -0.2) is 15.0 Å². The van der Waals surface area contributed by atoms with Gasteiger partial charge in [0.15, 0.2) is 0 Å². The summed E-state index contributed by atoms with van der Waals surface area (Å²) in [6, 6.07) is 35.0. The van der Waals surface area contributed by atoms with Crippen LogP contribution in [0.2, 0.25) is 0 Å². The number of aromatic nitrogens is 3. The number of benzene rings is 2. The quantitative estimate of drug-likeness (QED) is 0.314. The normalized spacial score (nSPS) is 10.8. The Kier molecular flexibility index (Phi) is 5.30. The van der Waals surface area contributed by atoms with Gasteiger partial charge in [0, 0.05) is 11.1 Å². The van der Waals surface area contributed by atoms with Crippen molar-refractivity contribution in [3.63, 3.8) is 0 Å². The van der Waals surface area contributed by atoms with E-state index in [1.807, 2.05) is 54.6 Å². The molecule has 0 amide bonds. The van der Waals surface area contributed by atoms with Crippen molar-refractivity contribution in [2.24, 2.45) is 0 Å². The van der Waals surface area contributed by atoms with E-state index in [4.69, 9.17) is 15.0 Å². The number of pyridine rings is 3. The van der Waals surface area contributed by atoms with Crippen LogP contribution in [0.5, 0.6) is 0 Å². The van der Waals surface area contributed by atoms with Crippen LogP contribution in [0.25, 0.3) is 45.3 Å². The number of hydrogen-bond donors (Lipinski definition) is 0. The van der Waals surface area contributed by atoms with Gasteiger partial charge >= 0.3 is 0 Å². The molecule has 0 unspecified atom stereocenters. The second-order valence-corrected chi connectivity index (χ2v) is 7.96. The van der Waals surface area contributed by atoms with E-state index in [-0.39, 0.29) is 0 Å². The summed E-state index contributed by atoms with van der Waals surface area (Å²) < 4.78 is 0. The van der Waals surface area contributed by atoms with Crippen molar-refractivity contribution in [2.45, 2.75) is 13.8 Å². The first-order chi connectivity index (χ1) is 15.7. The second-order valence-electron chi connectivity index (χ2n) is 7.96. The number of hydrogen-bond acceptors (Lipinski definition) is 3.